The molecular formula is C13H23N. The van der Waals surface area contributed by atoms with E-state index in [1.807, 2.05) is 6.21 Å². The molecule has 0 aliphatic heterocycles. The van der Waals surface area contributed by atoms with E-state index in [0.717, 1.165) is 11.3 Å². The fourth-order valence-electron chi connectivity index (χ4n) is 0.543. The second-order valence-corrected chi connectivity index (χ2v) is 5.73. The summed E-state index contributed by atoms with van der Waals surface area (Å²) >= 11 is 0. The Kier molecular flexibility index (Phi) is 3.87. The van der Waals surface area contributed by atoms with Crippen LogP contribution in [0.3, 0.4) is 0 Å². The lowest BCUT2D eigenvalue weighted by molar-refractivity contribution is 0.499. The minimum atomic E-state index is 0.0364. The summed E-state index contributed by atoms with van der Waals surface area (Å²) < 4.78 is 0. The molecule has 1 nitrogen and oxygen atoms in total. The number of rotatable bonds is 2. The molecule has 0 amide bonds. The quantitative estimate of drug-likeness (QED) is 0.582. The normalized spacial score (nSPS) is 13.3. The molecule has 0 heterocycles. The van der Waals surface area contributed by atoms with Crippen molar-refractivity contribution >= 4 is 6.21 Å². The first-order valence-corrected chi connectivity index (χ1v) is 4.98. The molecule has 0 aromatic rings. The molecule has 0 spiro atoms. The SMILES string of the molecule is C=C(C=NC(=C)C(C)(C)C)C(C)(C)C. The zero-order valence-corrected chi connectivity index (χ0v) is 10.4. The standard InChI is InChI=1S/C13H23N/c1-10(12(3,4)5)9-14-11(2)13(6,7)8/h9H,1-2H2,3-8H3. The number of hydrogen-bond acceptors (Lipinski definition) is 1. The van der Waals surface area contributed by atoms with Crippen molar-refractivity contribution in [1.29, 1.82) is 0 Å². The van der Waals surface area contributed by atoms with E-state index in [1.54, 1.807) is 0 Å². The van der Waals surface area contributed by atoms with Crippen molar-refractivity contribution < 1.29 is 0 Å². The van der Waals surface area contributed by atoms with Crippen LogP contribution in [0.2, 0.25) is 0 Å². The molecule has 0 N–H and O–H groups in total. The van der Waals surface area contributed by atoms with Crippen LogP contribution in [0.1, 0.15) is 41.5 Å². The lowest BCUT2D eigenvalue weighted by Crippen LogP contribution is -2.11. The van der Waals surface area contributed by atoms with E-state index in [1.165, 1.54) is 0 Å². The summed E-state index contributed by atoms with van der Waals surface area (Å²) in [4.78, 5) is 4.34. The van der Waals surface area contributed by atoms with Gasteiger partial charge in [-0.2, -0.15) is 0 Å². The number of allylic oxidation sites excluding steroid dienone is 2. The molecule has 0 radical (unpaired) electrons. The Bertz CT molecular complexity index is 228. The molecule has 0 aliphatic rings. The molecule has 80 valence electrons. The van der Waals surface area contributed by atoms with Gasteiger partial charge in [0, 0.05) is 17.3 Å². The van der Waals surface area contributed by atoms with Crippen LogP contribution in [-0.4, -0.2) is 6.21 Å². The van der Waals surface area contributed by atoms with Crippen LogP contribution in [0.5, 0.6) is 0 Å². The Balaban J connectivity index is 4.49. The first-order valence-electron chi connectivity index (χ1n) is 4.98. The van der Waals surface area contributed by atoms with E-state index >= 15 is 0 Å². The third-order valence-corrected chi connectivity index (χ3v) is 2.21. The van der Waals surface area contributed by atoms with E-state index in [9.17, 15) is 0 Å². The maximum Gasteiger partial charge on any atom is 0.0385 e. The fraction of sp³-hybridized carbons (Fsp3) is 0.615. The van der Waals surface area contributed by atoms with Gasteiger partial charge in [0.1, 0.15) is 0 Å². The van der Waals surface area contributed by atoms with E-state index in [-0.39, 0.29) is 10.8 Å². The highest BCUT2D eigenvalue weighted by Gasteiger charge is 2.15. The van der Waals surface area contributed by atoms with Gasteiger partial charge in [-0.15, -0.1) is 0 Å². The predicted octanol–water partition coefficient (Wildman–Crippen LogP) is 4.22. The molecule has 0 aromatic carbocycles. The highest BCUT2D eigenvalue weighted by atomic mass is 14.8. The zero-order chi connectivity index (χ0) is 11.6. The van der Waals surface area contributed by atoms with Crippen molar-refractivity contribution in [3.05, 3.63) is 24.4 Å². The number of aliphatic imine (C=N–C) groups is 1. The second-order valence-electron chi connectivity index (χ2n) is 5.73. The Morgan fingerprint density at radius 1 is 0.929 bits per heavy atom. The number of hydrogen-bond donors (Lipinski definition) is 0. The van der Waals surface area contributed by atoms with Crippen LogP contribution in [0, 0.1) is 10.8 Å². The Hall–Kier alpha value is -0.850. The van der Waals surface area contributed by atoms with Crippen LogP contribution in [-0.2, 0) is 0 Å². The lowest BCUT2D eigenvalue weighted by atomic mass is 9.88. The molecule has 0 fully saturated rings. The van der Waals surface area contributed by atoms with Gasteiger partial charge in [0.15, 0.2) is 0 Å². The van der Waals surface area contributed by atoms with Crippen LogP contribution in [0.15, 0.2) is 29.4 Å². The molecule has 0 unspecified atom stereocenters. The van der Waals surface area contributed by atoms with E-state index in [4.69, 9.17) is 0 Å². The van der Waals surface area contributed by atoms with Gasteiger partial charge in [-0.05, 0) is 11.0 Å². The zero-order valence-electron chi connectivity index (χ0n) is 10.4. The number of nitrogens with zero attached hydrogens (tertiary/aromatic N) is 1. The van der Waals surface area contributed by atoms with Crippen molar-refractivity contribution in [3.8, 4) is 0 Å². The summed E-state index contributed by atoms with van der Waals surface area (Å²) in [5, 5.41) is 0. The first kappa shape index (κ1) is 13.2. The van der Waals surface area contributed by atoms with E-state index in [2.05, 4.69) is 59.7 Å². The Morgan fingerprint density at radius 3 is 1.64 bits per heavy atom. The summed E-state index contributed by atoms with van der Waals surface area (Å²) in [5.74, 6) is 0. The van der Waals surface area contributed by atoms with Crippen molar-refractivity contribution in [2.24, 2.45) is 15.8 Å². The van der Waals surface area contributed by atoms with Crippen molar-refractivity contribution in [1.82, 2.24) is 0 Å². The van der Waals surface area contributed by atoms with Crippen LogP contribution in [0.4, 0.5) is 0 Å². The summed E-state index contributed by atoms with van der Waals surface area (Å²) in [5.41, 5.74) is 2.04. The van der Waals surface area contributed by atoms with Crippen molar-refractivity contribution in [2.45, 2.75) is 41.5 Å². The highest BCUT2D eigenvalue weighted by Crippen LogP contribution is 2.26. The van der Waals surface area contributed by atoms with E-state index < -0.39 is 0 Å². The van der Waals surface area contributed by atoms with Gasteiger partial charge in [0.05, 0.1) is 0 Å². The summed E-state index contributed by atoms with van der Waals surface area (Å²) in [6, 6.07) is 0. The van der Waals surface area contributed by atoms with Gasteiger partial charge in [-0.1, -0.05) is 54.7 Å². The molecule has 0 atom stereocenters. The third-order valence-electron chi connectivity index (χ3n) is 2.21. The van der Waals surface area contributed by atoms with Gasteiger partial charge in [0.25, 0.3) is 0 Å². The molecule has 0 saturated heterocycles. The topological polar surface area (TPSA) is 12.4 Å². The lowest BCUT2D eigenvalue weighted by Gasteiger charge is -2.20. The van der Waals surface area contributed by atoms with Gasteiger partial charge in [-0.3, -0.25) is 4.99 Å². The van der Waals surface area contributed by atoms with E-state index in [0.29, 0.717) is 0 Å². The minimum absolute atomic E-state index is 0.0364. The van der Waals surface area contributed by atoms with Crippen LogP contribution < -0.4 is 0 Å². The molecule has 0 saturated carbocycles. The minimum Gasteiger partial charge on any atom is -0.261 e. The summed E-state index contributed by atoms with van der Waals surface area (Å²) in [6.07, 6.45) is 1.83. The monoisotopic (exact) mass is 193 g/mol. The van der Waals surface area contributed by atoms with Gasteiger partial charge >= 0.3 is 0 Å². The van der Waals surface area contributed by atoms with Gasteiger partial charge in [-0.25, -0.2) is 0 Å². The molecular weight excluding hydrogens is 170 g/mol. The van der Waals surface area contributed by atoms with Gasteiger partial charge < -0.3 is 0 Å². The highest BCUT2D eigenvalue weighted by molar-refractivity contribution is 5.80. The molecule has 14 heavy (non-hydrogen) atoms. The maximum absolute atomic E-state index is 4.34. The van der Waals surface area contributed by atoms with Crippen molar-refractivity contribution in [3.63, 3.8) is 0 Å². The average Bonchev–Trinajstić information content (AvgIpc) is 1.95. The van der Waals surface area contributed by atoms with Crippen molar-refractivity contribution in [2.75, 3.05) is 0 Å². The molecule has 0 aliphatic carbocycles. The molecule has 0 bridgehead atoms. The second kappa shape index (κ2) is 4.12. The Morgan fingerprint density at radius 2 is 1.36 bits per heavy atom. The molecule has 1 heteroatoms. The van der Waals surface area contributed by atoms with Crippen LogP contribution in [0.25, 0.3) is 0 Å². The van der Waals surface area contributed by atoms with Crippen LogP contribution >= 0.6 is 0 Å². The summed E-state index contributed by atoms with van der Waals surface area (Å²) in [6.45, 7) is 20.6. The Labute approximate surface area is 88.6 Å². The fourth-order valence-corrected chi connectivity index (χ4v) is 0.543. The predicted molar refractivity (Wildman–Crippen MR) is 65.7 cm³/mol. The maximum atomic E-state index is 4.34. The average molecular weight is 193 g/mol. The third kappa shape index (κ3) is 4.40. The molecule has 0 rings (SSSR count). The first-order chi connectivity index (χ1) is 6.05. The van der Waals surface area contributed by atoms with Gasteiger partial charge in [0.2, 0.25) is 0 Å². The smallest absolute Gasteiger partial charge is 0.0385 e. The molecule has 0 aromatic heterocycles. The summed E-state index contributed by atoms with van der Waals surface area (Å²) in [7, 11) is 0. The largest absolute Gasteiger partial charge is 0.261 e.